The van der Waals surface area contributed by atoms with Crippen molar-refractivity contribution in [3.05, 3.63) is 35.9 Å². The minimum Gasteiger partial charge on any atom is -0.293 e. The topological polar surface area (TPSA) is 20.3 Å². The number of hydrogen-bond acceptors (Lipinski definition) is 2. The van der Waals surface area contributed by atoms with Crippen LogP contribution in [-0.2, 0) is 0 Å². The lowest BCUT2D eigenvalue weighted by Crippen LogP contribution is -2.13. The fourth-order valence-corrected chi connectivity index (χ4v) is 1.04. The zero-order valence-electron chi connectivity index (χ0n) is 6.61. The molecular weight excluding hydrogens is 232 g/mol. The predicted octanol–water partition coefficient (Wildman–Crippen LogP) is 2.90. The Balaban J connectivity index is 0.00000144. The van der Waals surface area contributed by atoms with Crippen LogP contribution in [0.5, 0.6) is 0 Å². The first kappa shape index (κ1) is 12.7. The van der Waals surface area contributed by atoms with Crippen LogP contribution in [0, 0.1) is 0 Å². The van der Waals surface area contributed by atoms with Crippen molar-refractivity contribution < 1.29 is 4.79 Å². The zero-order chi connectivity index (χ0) is 8.97. The summed E-state index contributed by atoms with van der Waals surface area (Å²) in [5.41, 5.74) is 0.615. The highest BCUT2D eigenvalue weighted by Gasteiger charge is 2.07. The van der Waals surface area contributed by atoms with Gasteiger partial charge in [0.1, 0.15) is 0 Å². The lowest BCUT2D eigenvalue weighted by Gasteiger charge is -2.01. The molecule has 0 spiro atoms. The molecule has 1 aromatic rings. The Hall–Kier alpha value is -0.280. The average molecular weight is 241 g/mol. The van der Waals surface area contributed by atoms with E-state index in [1.165, 1.54) is 0 Å². The van der Waals surface area contributed by atoms with Gasteiger partial charge in [0.2, 0.25) is 0 Å². The number of hydrogen-bond donors (Lipinski definition) is 0. The number of Topliss-reactive ketones (excluding diaryl/α,β-unsaturated/α-hetero) is 1. The zero-order valence-corrected chi connectivity index (χ0v) is 8.94. The number of benzene rings is 1. The minimum atomic E-state index is -0.0967. The highest BCUT2D eigenvalue weighted by molar-refractivity contribution is 6.35. The van der Waals surface area contributed by atoms with Crippen molar-refractivity contribution in [2.24, 2.45) is 0 Å². The highest BCUT2D eigenvalue weighted by atomic mass is 35.5. The minimum absolute atomic E-state index is 0. The summed E-state index contributed by atoms with van der Waals surface area (Å²) in [5, 5.41) is 0. The SMILES string of the molecule is Cl.O=C(CN(Cl)Cl)c1ccccc1. The molecule has 0 saturated carbocycles. The number of carbonyl (C=O) groups is 1. The van der Waals surface area contributed by atoms with E-state index in [1.54, 1.807) is 24.3 Å². The molecule has 0 atom stereocenters. The van der Waals surface area contributed by atoms with Gasteiger partial charge in [-0.2, -0.15) is 0 Å². The first-order valence-electron chi connectivity index (χ1n) is 3.37. The molecule has 5 heteroatoms. The van der Waals surface area contributed by atoms with Crippen LogP contribution in [0.2, 0.25) is 0 Å². The van der Waals surface area contributed by atoms with E-state index in [0.717, 1.165) is 3.94 Å². The maximum atomic E-state index is 11.2. The summed E-state index contributed by atoms with van der Waals surface area (Å²) in [6.45, 7) is 0.00707. The van der Waals surface area contributed by atoms with Crippen LogP contribution in [0.1, 0.15) is 10.4 Å². The van der Waals surface area contributed by atoms with Crippen LogP contribution < -0.4 is 0 Å². The fraction of sp³-hybridized carbons (Fsp3) is 0.125. The third kappa shape index (κ3) is 4.48. The fourth-order valence-electron chi connectivity index (χ4n) is 0.824. The Morgan fingerprint density at radius 1 is 1.23 bits per heavy atom. The van der Waals surface area contributed by atoms with Gasteiger partial charge in [0.25, 0.3) is 0 Å². The van der Waals surface area contributed by atoms with Crippen molar-refractivity contribution in [3.63, 3.8) is 0 Å². The van der Waals surface area contributed by atoms with Crippen molar-refractivity contribution in [2.75, 3.05) is 6.54 Å². The number of halogens is 3. The maximum Gasteiger partial charge on any atom is 0.179 e. The van der Waals surface area contributed by atoms with Gasteiger partial charge in [0.15, 0.2) is 5.78 Å². The van der Waals surface area contributed by atoms with Crippen LogP contribution in [0.4, 0.5) is 0 Å². The van der Waals surface area contributed by atoms with E-state index in [1.807, 2.05) is 6.07 Å². The number of nitrogens with zero attached hydrogens (tertiary/aromatic N) is 1. The first-order chi connectivity index (χ1) is 5.70. The molecule has 0 N–H and O–H groups in total. The third-order valence-electron chi connectivity index (χ3n) is 1.36. The Morgan fingerprint density at radius 2 is 1.77 bits per heavy atom. The molecule has 0 saturated heterocycles. The van der Waals surface area contributed by atoms with E-state index in [-0.39, 0.29) is 24.7 Å². The second kappa shape index (κ2) is 6.22. The lowest BCUT2D eigenvalue weighted by molar-refractivity contribution is 0.0984. The molecule has 13 heavy (non-hydrogen) atoms. The molecule has 0 aliphatic carbocycles. The normalized spacial score (nSPS) is 9.46. The van der Waals surface area contributed by atoms with Crippen LogP contribution >= 0.6 is 36.0 Å². The summed E-state index contributed by atoms with van der Waals surface area (Å²) in [7, 11) is 0. The first-order valence-corrected chi connectivity index (χ1v) is 4.05. The molecule has 0 fully saturated rings. The molecule has 1 aromatic carbocycles. The van der Waals surface area contributed by atoms with Gasteiger partial charge in [0, 0.05) is 5.56 Å². The third-order valence-corrected chi connectivity index (χ3v) is 1.60. The molecule has 0 bridgehead atoms. The summed E-state index contributed by atoms with van der Waals surface area (Å²) >= 11 is 10.6. The Morgan fingerprint density at radius 3 is 2.23 bits per heavy atom. The van der Waals surface area contributed by atoms with Crippen LogP contribution in [0.25, 0.3) is 0 Å². The second-order valence-corrected chi connectivity index (χ2v) is 3.24. The van der Waals surface area contributed by atoms with Crippen molar-refractivity contribution in [2.45, 2.75) is 0 Å². The Kier molecular flexibility index (Phi) is 6.08. The summed E-state index contributed by atoms with van der Waals surface area (Å²) in [6, 6.07) is 8.87. The van der Waals surface area contributed by atoms with Crippen molar-refractivity contribution >= 4 is 41.7 Å². The van der Waals surface area contributed by atoms with Gasteiger partial charge in [-0.1, -0.05) is 30.3 Å². The Labute approximate surface area is 93.1 Å². The molecule has 0 radical (unpaired) electrons. The molecule has 1 rings (SSSR count). The summed E-state index contributed by atoms with van der Waals surface area (Å²) in [5.74, 6) is -0.0967. The predicted molar refractivity (Wildman–Crippen MR) is 56.4 cm³/mol. The largest absolute Gasteiger partial charge is 0.293 e. The summed E-state index contributed by atoms with van der Waals surface area (Å²) in [4.78, 5) is 11.2. The smallest absolute Gasteiger partial charge is 0.179 e. The van der Waals surface area contributed by atoms with Crippen molar-refractivity contribution in [3.8, 4) is 0 Å². The highest BCUT2D eigenvalue weighted by Crippen LogP contribution is 2.04. The molecule has 0 aliphatic heterocycles. The quantitative estimate of drug-likeness (QED) is 0.598. The number of rotatable bonds is 3. The van der Waals surface area contributed by atoms with Gasteiger partial charge in [0.05, 0.1) is 6.54 Å². The number of carbonyl (C=O) groups excluding carboxylic acids is 1. The Bertz CT molecular complexity index is 263. The second-order valence-electron chi connectivity index (χ2n) is 2.25. The van der Waals surface area contributed by atoms with Gasteiger partial charge < -0.3 is 0 Å². The van der Waals surface area contributed by atoms with E-state index in [2.05, 4.69) is 0 Å². The van der Waals surface area contributed by atoms with Crippen LogP contribution in [0.3, 0.4) is 0 Å². The standard InChI is InChI=1S/C8H7Cl2NO.ClH/c9-11(10)6-8(12)7-4-2-1-3-5-7;/h1-5H,6H2;1H. The molecule has 2 nitrogen and oxygen atoms in total. The lowest BCUT2D eigenvalue weighted by atomic mass is 10.1. The van der Waals surface area contributed by atoms with Crippen LogP contribution in [0.15, 0.2) is 30.3 Å². The molecule has 0 aliphatic rings. The maximum absolute atomic E-state index is 11.2. The molecule has 0 aromatic heterocycles. The number of ketones is 1. The summed E-state index contributed by atoms with van der Waals surface area (Å²) < 4.78 is 0.815. The van der Waals surface area contributed by atoms with Gasteiger partial charge in [-0.15, -0.1) is 16.3 Å². The summed E-state index contributed by atoms with van der Waals surface area (Å²) in [6.07, 6.45) is 0. The van der Waals surface area contributed by atoms with Gasteiger partial charge in [-0.05, 0) is 23.6 Å². The van der Waals surface area contributed by atoms with E-state index < -0.39 is 0 Å². The van der Waals surface area contributed by atoms with Gasteiger partial charge in [-0.25, -0.2) is 0 Å². The molecular formula is C8H8Cl3NO. The van der Waals surface area contributed by atoms with Crippen molar-refractivity contribution in [1.82, 2.24) is 3.94 Å². The molecule has 0 unspecified atom stereocenters. The molecule has 0 amide bonds. The van der Waals surface area contributed by atoms with Gasteiger partial charge in [-0.3, -0.25) is 4.79 Å². The molecule has 0 heterocycles. The molecule has 72 valence electrons. The van der Waals surface area contributed by atoms with E-state index >= 15 is 0 Å². The van der Waals surface area contributed by atoms with Crippen molar-refractivity contribution in [1.29, 1.82) is 0 Å². The van der Waals surface area contributed by atoms with E-state index in [9.17, 15) is 4.79 Å². The van der Waals surface area contributed by atoms with Crippen LogP contribution in [-0.4, -0.2) is 16.3 Å². The van der Waals surface area contributed by atoms with Gasteiger partial charge >= 0.3 is 0 Å². The average Bonchev–Trinajstić information content (AvgIpc) is 2.05. The van der Waals surface area contributed by atoms with E-state index in [4.69, 9.17) is 23.6 Å². The monoisotopic (exact) mass is 239 g/mol. The van der Waals surface area contributed by atoms with E-state index in [0.29, 0.717) is 5.56 Å².